The number of benzene rings is 2. The average molecular weight is 477 g/mol. The van der Waals surface area contributed by atoms with Gasteiger partial charge in [-0.25, -0.2) is 9.97 Å². The lowest BCUT2D eigenvalue weighted by Crippen LogP contribution is -2.07. The highest BCUT2D eigenvalue weighted by Gasteiger charge is 2.26. The van der Waals surface area contributed by atoms with Gasteiger partial charge in [-0.1, -0.05) is 36.4 Å². The second-order valence-electron chi connectivity index (χ2n) is 9.52. The Bertz CT molecular complexity index is 1650. The highest BCUT2D eigenvalue weighted by molar-refractivity contribution is 5.95. The molecule has 0 atom stereocenters. The molecule has 0 unspecified atom stereocenters. The third kappa shape index (κ3) is 3.52. The maximum absolute atomic E-state index is 8.35. The number of fused-ring (bicyclic) bond motifs is 1. The molecule has 0 aliphatic heterocycles. The lowest BCUT2D eigenvalue weighted by Gasteiger charge is -2.15. The van der Waals surface area contributed by atoms with Gasteiger partial charge in [-0.2, -0.15) is 0 Å². The summed E-state index contributed by atoms with van der Waals surface area (Å²) < 4.78 is 4.65. The van der Waals surface area contributed by atoms with Gasteiger partial charge in [0, 0.05) is 23.3 Å². The zero-order valence-electron chi connectivity index (χ0n) is 22.0. The van der Waals surface area contributed by atoms with Gasteiger partial charge in [0.1, 0.15) is 23.0 Å². The molecular formula is C30H32N6. The molecule has 0 radical (unpaired) electrons. The number of aryl methyl sites for hydroxylation is 5. The van der Waals surface area contributed by atoms with Crippen LogP contribution in [0.15, 0.2) is 48.5 Å². The molecular weight excluding hydrogens is 444 g/mol. The van der Waals surface area contributed by atoms with Crippen molar-refractivity contribution in [2.45, 2.75) is 48.5 Å². The molecule has 36 heavy (non-hydrogen) atoms. The Hall–Kier alpha value is -4.19. The molecule has 0 amide bonds. The molecule has 6 nitrogen and oxygen atoms in total. The van der Waals surface area contributed by atoms with Crippen LogP contribution < -0.4 is 5.32 Å². The van der Waals surface area contributed by atoms with Crippen LogP contribution in [-0.2, 0) is 0 Å². The second kappa shape index (κ2) is 8.79. The Kier molecular flexibility index (Phi) is 5.75. The number of para-hydroxylation sites is 2. The van der Waals surface area contributed by atoms with Crippen molar-refractivity contribution in [1.82, 2.24) is 18.9 Å². The van der Waals surface area contributed by atoms with E-state index in [2.05, 4.69) is 86.2 Å². The monoisotopic (exact) mass is 476 g/mol. The molecule has 2 aromatic carbocycles. The van der Waals surface area contributed by atoms with E-state index in [1.807, 2.05) is 25.1 Å². The number of rotatable bonds is 5. The maximum Gasteiger partial charge on any atom is 0.143 e. The molecule has 0 bridgehead atoms. The summed E-state index contributed by atoms with van der Waals surface area (Å²) in [4.78, 5) is 9.60. The molecule has 5 rings (SSSR count). The minimum absolute atomic E-state index is 0.640. The van der Waals surface area contributed by atoms with Gasteiger partial charge >= 0.3 is 0 Å². The largest absolute Gasteiger partial charge is 0.339 e. The molecule has 0 aliphatic rings. The molecule has 3 heterocycles. The molecule has 0 saturated heterocycles. The number of anilines is 2. The minimum atomic E-state index is 0.640. The number of aromatic nitrogens is 4. The zero-order valence-corrected chi connectivity index (χ0v) is 22.0. The lowest BCUT2D eigenvalue weighted by molar-refractivity contribution is 1.02. The quantitative estimate of drug-likeness (QED) is 0.266. The molecule has 0 spiro atoms. The van der Waals surface area contributed by atoms with Crippen molar-refractivity contribution in [3.63, 3.8) is 0 Å². The fraction of sp³-hybridized carbons (Fsp3) is 0.233. The molecule has 182 valence electrons. The average Bonchev–Trinajstić information content (AvgIpc) is 3.25. The lowest BCUT2D eigenvalue weighted by atomic mass is 10.1. The SMILES string of the molecule is Cc1nc(Nc2ccccc2C)c(C=N)c(-c2c(C)c(C)c3n(-c4ccccc4C)c(C)c(C)n23)n1. The van der Waals surface area contributed by atoms with Crippen molar-refractivity contribution in [2.24, 2.45) is 0 Å². The van der Waals surface area contributed by atoms with E-state index < -0.39 is 0 Å². The molecule has 0 fully saturated rings. The third-order valence-electron chi connectivity index (χ3n) is 7.28. The van der Waals surface area contributed by atoms with E-state index in [0.717, 1.165) is 39.5 Å². The molecule has 6 heteroatoms. The van der Waals surface area contributed by atoms with Crippen LogP contribution in [0.4, 0.5) is 11.5 Å². The van der Waals surface area contributed by atoms with E-state index in [1.165, 1.54) is 28.7 Å². The van der Waals surface area contributed by atoms with Crippen LogP contribution in [0.2, 0.25) is 0 Å². The Labute approximate surface area is 212 Å². The number of nitrogens with zero attached hydrogens (tertiary/aromatic N) is 4. The van der Waals surface area contributed by atoms with Crippen molar-refractivity contribution < 1.29 is 0 Å². The summed E-state index contributed by atoms with van der Waals surface area (Å²) in [6.45, 7) is 14.8. The summed E-state index contributed by atoms with van der Waals surface area (Å²) in [5.74, 6) is 1.30. The number of nitrogens with one attached hydrogen (secondary N) is 2. The Balaban J connectivity index is 1.82. The van der Waals surface area contributed by atoms with Gasteiger partial charge in [-0.3, -0.25) is 8.97 Å². The standard InChI is InChI=1S/C30H32N6/c1-17-12-8-10-14-25(17)34-29-24(16-31)27(32-23(7)33-29)28-19(3)20(4)30-35(21(5)22(6)36(28)30)26-15-11-9-13-18(26)2/h8-16,31H,1-7H3,(H,32,33,34). The van der Waals surface area contributed by atoms with Crippen LogP contribution >= 0.6 is 0 Å². The van der Waals surface area contributed by atoms with Crippen molar-refractivity contribution in [3.8, 4) is 17.1 Å². The van der Waals surface area contributed by atoms with Crippen LogP contribution in [-0.4, -0.2) is 25.2 Å². The van der Waals surface area contributed by atoms with Gasteiger partial charge in [-0.05, 0) is 82.9 Å². The van der Waals surface area contributed by atoms with E-state index >= 15 is 0 Å². The molecule has 5 aromatic rings. The van der Waals surface area contributed by atoms with E-state index in [0.29, 0.717) is 17.2 Å². The Morgan fingerprint density at radius 1 is 0.778 bits per heavy atom. The van der Waals surface area contributed by atoms with Crippen molar-refractivity contribution in [2.75, 3.05) is 5.32 Å². The first kappa shape index (κ1) is 23.5. The van der Waals surface area contributed by atoms with Crippen LogP contribution in [0.3, 0.4) is 0 Å². The van der Waals surface area contributed by atoms with E-state index in [-0.39, 0.29) is 0 Å². The van der Waals surface area contributed by atoms with Crippen molar-refractivity contribution >= 4 is 23.4 Å². The van der Waals surface area contributed by atoms with Crippen LogP contribution in [0, 0.1) is 53.9 Å². The van der Waals surface area contributed by atoms with Crippen LogP contribution in [0.5, 0.6) is 0 Å². The van der Waals surface area contributed by atoms with Gasteiger partial charge in [-0.15, -0.1) is 0 Å². The maximum atomic E-state index is 8.35. The number of hydrogen-bond donors (Lipinski definition) is 2. The van der Waals surface area contributed by atoms with Crippen molar-refractivity contribution in [3.05, 3.63) is 93.6 Å². The fourth-order valence-corrected chi connectivity index (χ4v) is 5.09. The summed E-state index contributed by atoms with van der Waals surface area (Å²) in [6, 6.07) is 16.6. The van der Waals surface area contributed by atoms with Crippen LogP contribution in [0.1, 0.15) is 45.0 Å². The zero-order chi connectivity index (χ0) is 25.7. The number of imidazole rings is 1. The third-order valence-corrected chi connectivity index (χ3v) is 7.28. The predicted octanol–water partition coefficient (Wildman–Crippen LogP) is 7.09. The highest BCUT2D eigenvalue weighted by atomic mass is 15.2. The van der Waals surface area contributed by atoms with E-state index in [4.69, 9.17) is 15.4 Å². The predicted molar refractivity (Wildman–Crippen MR) is 149 cm³/mol. The summed E-state index contributed by atoms with van der Waals surface area (Å²) in [6.07, 6.45) is 1.37. The highest BCUT2D eigenvalue weighted by Crippen LogP contribution is 2.38. The van der Waals surface area contributed by atoms with Gasteiger partial charge < -0.3 is 10.7 Å². The van der Waals surface area contributed by atoms with Crippen LogP contribution in [0.25, 0.3) is 22.7 Å². The number of hydrogen-bond acceptors (Lipinski definition) is 4. The molecule has 2 N–H and O–H groups in total. The summed E-state index contributed by atoms with van der Waals surface area (Å²) in [5, 5.41) is 11.8. The summed E-state index contributed by atoms with van der Waals surface area (Å²) >= 11 is 0. The van der Waals surface area contributed by atoms with Crippen molar-refractivity contribution in [1.29, 1.82) is 5.41 Å². The van der Waals surface area contributed by atoms with E-state index in [9.17, 15) is 0 Å². The molecule has 3 aromatic heterocycles. The molecule has 0 aliphatic carbocycles. The smallest absolute Gasteiger partial charge is 0.143 e. The normalized spacial score (nSPS) is 11.3. The summed E-state index contributed by atoms with van der Waals surface area (Å²) in [7, 11) is 0. The second-order valence-corrected chi connectivity index (χ2v) is 9.52. The van der Waals surface area contributed by atoms with Gasteiger partial charge in [0.15, 0.2) is 0 Å². The minimum Gasteiger partial charge on any atom is -0.339 e. The van der Waals surface area contributed by atoms with Gasteiger partial charge in [0.25, 0.3) is 0 Å². The first-order valence-electron chi connectivity index (χ1n) is 12.2. The molecule has 0 saturated carbocycles. The first-order valence-corrected chi connectivity index (χ1v) is 12.2. The topological polar surface area (TPSA) is 71.0 Å². The Morgan fingerprint density at radius 2 is 1.44 bits per heavy atom. The van der Waals surface area contributed by atoms with Gasteiger partial charge in [0.2, 0.25) is 0 Å². The van der Waals surface area contributed by atoms with Gasteiger partial charge in [0.05, 0.1) is 16.9 Å². The fourth-order valence-electron chi connectivity index (χ4n) is 5.09. The first-order chi connectivity index (χ1) is 17.2. The Morgan fingerprint density at radius 3 is 2.11 bits per heavy atom. The van der Waals surface area contributed by atoms with E-state index in [1.54, 1.807) is 0 Å². The summed E-state index contributed by atoms with van der Waals surface area (Å²) in [5.41, 5.74) is 12.7.